The van der Waals surface area contributed by atoms with E-state index in [-0.39, 0.29) is 11.9 Å². The van der Waals surface area contributed by atoms with E-state index in [1.165, 1.54) is 0 Å². The first-order valence-corrected chi connectivity index (χ1v) is 9.58. The molecule has 146 valence electrons. The Balaban J connectivity index is 1.63. The average molecular weight is 370 g/mol. The molecule has 5 heteroatoms. The van der Waals surface area contributed by atoms with Gasteiger partial charge in [-0.2, -0.15) is 0 Å². The Morgan fingerprint density at radius 2 is 1.70 bits per heavy atom. The normalized spacial score (nSPS) is 15.3. The first-order chi connectivity index (χ1) is 12.8. The molecule has 1 aromatic rings. The van der Waals surface area contributed by atoms with Crippen LogP contribution < -0.4 is 0 Å². The number of rotatable bonds is 6. The zero-order chi connectivity index (χ0) is 19.9. The topological polar surface area (TPSA) is 49.9 Å². The van der Waals surface area contributed by atoms with E-state index in [9.17, 15) is 9.59 Å². The Labute approximate surface area is 162 Å². The minimum atomic E-state index is -0.456. The zero-order valence-corrected chi connectivity index (χ0v) is 16.7. The fourth-order valence-electron chi connectivity index (χ4n) is 3.00. The zero-order valence-electron chi connectivity index (χ0n) is 16.7. The van der Waals surface area contributed by atoms with E-state index >= 15 is 0 Å². The number of unbranched alkanes of at least 4 members (excludes halogenated alkanes) is 1. The van der Waals surface area contributed by atoms with Crippen molar-refractivity contribution in [3.63, 3.8) is 0 Å². The molecule has 0 saturated carbocycles. The second-order valence-corrected chi connectivity index (χ2v) is 7.91. The number of nitrogens with zero attached hydrogens (tertiary/aromatic N) is 2. The molecule has 2 rings (SSSR count). The fourth-order valence-corrected chi connectivity index (χ4v) is 3.00. The highest BCUT2D eigenvalue weighted by Crippen LogP contribution is 2.13. The number of benzene rings is 1. The molecule has 0 unspecified atom stereocenters. The first kappa shape index (κ1) is 21.0. The minimum absolute atomic E-state index is 0.160. The maximum absolute atomic E-state index is 12.2. The van der Waals surface area contributed by atoms with Crippen LogP contribution in [0.2, 0.25) is 0 Å². The van der Waals surface area contributed by atoms with E-state index in [2.05, 4.69) is 10.8 Å². The molecule has 0 atom stereocenters. The SMILES string of the molecule is C#Cc1ccc(C(=O)CCCCN2CCN(C(=O)OC(C)(C)C)CC2)cc1. The second-order valence-electron chi connectivity index (χ2n) is 7.91. The van der Waals surface area contributed by atoms with Crippen LogP contribution in [0, 0.1) is 12.3 Å². The Bertz CT molecular complexity index is 675. The van der Waals surface area contributed by atoms with Crippen LogP contribution >= 0.6 is 0 Å². The van der Waals surface area contributed by atoms with Crippen molar-refractivity contribution >= 4 is 11.9 Å². The highest BCUT2D eigenvalue weighted by Gasteiger charge is 2.25. The van der Waals surface area contributed by atoms with Gasteiger partial charge in [0.2, 0.25) is 0 Å². The molecule has 1 aromatic carbocycles. The Morgan fingerprint density at radius 1 is 1.07 bits per heavy atom. The molecule has 1 aliphatic rings. The lowest BCUT2D eigenvalue weighted by molar-refractivity contribution is 0.0144. The van der Waals surface area contributed by atoms with Gasteiger partial charge in [-0.1, -0.05) is 18.1 Å². The lowest BCUT2D eigenvalue weighted by atomic mass is 10.0. The van der Waals surface area contributed by atoms with Crippen LogP contribution in [-0.4, -0.2) is 60.0 Å². The Morgan fingerprint density at radius 3 is 2.26 bits per heavy atom. The molecular weight excluding hydrogens is 340 g/mol. The van der Waals surface area contributed by atoms with Gasteiger partial charge in [-0.05, 0) is 52.3 Å². The van der Waals surface area contributed by atoms with Gasteiger partial charge in [0, 0.05) is 43.7 Å². The number of amides is 1. The van der Waals surface area contributed by atoms with E-state index in [4.69, 9.17) is 11.2 Å². The number of hydrogen-bond donors (Lipinski definition) is 0. The third kappa shape index (κ3) is 7.07. The molecule has 0 spiro atoms. The third-order valence-corrected chi connectivity index (χ3v) is 4.53. The highest BCUT2D eigenvalue weighted by atomic mass is 16.6. The monoisotopic (exact) mass is 370 g/mol. The van der Waals surface area contributed by atoms with Crippen molar-refractivity contribution in [2.45, 2.75) is 45.6 Å². The van der Waals surface area contributed by atoms with Crippen LogP contribution in [0.15, 0.2) is 24.3 Å². The average Bonchev–Trinajstić information content (AvgIpc) is 2.64. The summed E-state index contributed by atoms with van der Waals surface area (Å²) in [6.07, 6.45) is 7.48. The molecule has 1 heterocycles. The van der Waals surface area contributed by atoms with Crippen molar-refractivity contribution in [2.75, 3.05) is 32.7 Å². The van der Waals surface area contributed by atoms with Crippen molar-refractivity contribution < 1.29 is 14.3 Å². The molecule has 27 heavy (non-hydrogen) atoms. The number of carbonyl (C=O) groups excluding carboxylic acids is 2. The summed E-state index contributed by atoms with van der Waals surface area (Å²) in [5.74, 6) is 2.71. The standard InChI is InChI=1S/C22H30N2O3/c1-5-18-9-11-19(12-10-18)20(25)8-6-7-13-23-14-16-24(17-15-23)21(26)27-22(2,3)4/h1,9-12H,6-8,13-17H2,2-4H3. The van der Waals surface area contributed by atoms with Crippen LogP contribution in [-0.2, 0) is 4.74 Å². The van der Waals surface area contributed by atoms with E-state index in [1.807, 2.05) is 20.8 Å². The molecule has 5 nitrogen and oxygen atoms in total. The van der Waals surface area contributed by atoms with Gasteiger partial charge in [0.05, 0.1) is 0 Å². The summed E-state index contributed by atoms with van der Waals surface area (Å²) in [4.78, 5) is 28.4. The predicted molar refractivity (Wildman–Crippen MR) is 107 cm³/mol. The maximum Gasteiger partial charge on any atom is 0.410 e. The number of ether oxygens (including phenoxy) is 1. The molecule has 1 aliphatic heterocycles. The van der Waals surface area contributed by atoms with Gasteiger partial charge in [0.1, 0.15) is 5.60 Å². The molecule has 1 saturated heterocycles. The largest absolute Gasteiger partial charge is 0.444 e. The van der Waals surface area contributed by atoms with Gasteiger partial charge in [-0.3, -0.25) is 9.69 Å². The van der Waals surface area contributed by atoms with Gasteiger partial charge in [0.25, 0.3) is 0 Å². The van der Waals surface area contributed by atoms with E-state index < -0.39 is 5.60 Å². The van der Waals surface area contributed by atoms with Crippen molar-refractivity contribution in [1.82, 2.24) is 9.80 Å². The van der Waals surface area contributed by atoms with Gasteiger partial charge in [-0.15, -0.1) is 6.42 Å². The summed E-state index contributed by atoms with van der Waals surface area (Å²) in [7, 11) is 0. The molecule has 1 fully saturated rings. The summed E-state index contributed by atoms with van der Waals surface area (Å²) < 4.78 is 5.41. The summed E-state index contributed by atoms with van der Waals surface area (Å²) in [5, 5.41) is 0. The fraction of sp³-hybridized carbons (Fsp3) is 0.545. The number of carbonyl (C=O) groups is 2. The van der Waals surface area contributed by atoms with Crippen LogP contribution in [0.25, 0.3) is 0 Å². The van der Waals surface area contributed by atoms with E-state index in [0.717, 1.165) is 43.6 Å². The molecule has 1 amide bonds. The molecular formula is C22H30N2O3. The number of piperazine rings is 1. The van der Waals surface area contributed by atoms with Crippen LogP contribution in [0.1, 0.15) is 56.0 Å². The summed E-state index contributed by atoms with van der Waals surface area (Å²) >= 11 is 0. The van der Waals surface area contributed by atoms with Gasteiger partial charge in [0.15, 0.2) is 5.78 Å². The van der Waals surface area contributed by atoms with Crippen molar-refractivity contribution in [3.05, 3.63) is 35.4 Å². The van der Waals surface area contributed by atoms with E-state index in [0.29, 0.717) is 19.5 Å². The molecule has 0 aromatic heterocycles. The number of hydrogen-bond acceptors (Lipinski definition) is 4. The summed E-state index contributed by atoms with van der Waals surface area (Å²) in [6.45, 7) is 9.67. The quantitative estimate of drug-likeness (QED) is 0.436. The highest BCUT2D eigenvalue weighted by molar-refractivity contribution is 5.96. The summed E-state index contributed by atoms with van der Waals surface area (Å²) in [6, 6.07) is 7.20. The molecule has 0 aliphatic carbocycles. The van der Waals surface area contributed by atoms with Gasteiger partial charge >= 0.3 is 6.09 Å². The smallest absolute Gasteiger partial charge is 0.410 e. The molecule has 0 radical (unpaired) electrons. The number of Topliss-reactive ketones (excluding diaryl/α,β-unsaturated/α-hetero) is 1. The second kappa shape index (κ2) is 9.57. The number of ketones is 1. The lowest BCUT2D eigenvalue weighted by Crippen LogP contribution is -2.50. The van der Waals surface area contributed by atoms with E-state index in [1.54, 1.807) is 29.2 Å². The van der Waals surface area contributed by atoms with Gasteiger partial charge < -0.3 is 9.64 Å². The van der Waals surface area contributed by atoms with Crippen LogP contribution in [0.3, 0.4) is 0 Å². The predicted octanol–water partition coefficient (Wildman–Crippen LogP) is 3.57. The van der Waals surface area contributed by atoms with Crippen molar-refractivity contribution in [3.8, 4) is 12.3 Å². The minimum Gasteiger partial charge on any atom is -0.444 e. The molecule has 0 N–H and O–H groups in total. The Kier molecular flexibility index (Phi) is 7.44. The van der Waals surface area contributed by atoms with Crippen molar-refractivity contribution in [2.24, 2.45) is 0 Å². The lowest BCUT2D eigenvalue weighted by Gasteiger charge is -2.35. The van der Waals surface area contributed by atoms with Crippen LogP contribution in [0.5, 0.6) is 0 Å². The first-order valence-electron chi connectivity index (χ1n) is 9.58. The number of terminal acetylenes is 1. The molecule has 0 bridgehead atoms. The van der Waals surface area contributed by atoms with Crippen LogP contribution in [0.4, 0.5) is 4.79 Å². The summed E-state index contributed by atoms with van der Waals surface area (Å²) in [5.41, 5.74) is 1.05. The van der Waals surface area contributed by atoms with Crippen molar-refractivity contribution in [1.29, 1.82) is 0 Å². The Hall–Kier alpha value is -2.32. The van der Waals surface area contributed by atoms with Gasteiger partial charge in [-0.25, -0.2) is 4.79 Å². The maximum atomic E-state index is 12.2. The third-order valence-electron chi connectivity index (χ3n) is 4.53.